The molecule has 0 heterocycles. The Morgan fingerprint density at radius 1 is 0.379 bits per heavy atom. The van der Waals surface area contributed by atoms with E-state index >= 15 is 0 Å². The second kappa shape index (κ2) is 12.8. The standard InChI is InChI=1S/2C11H21Si2.2CH3.Zr/c2*1-12(2,3)10-7-8-11(9-10)13(4,5)6;;;/h2*7-9H,1-6H3;2*1H3;/q;;2*-1;+2. The molecule has 2 rings (SSSR count). The molecule has 0 N–H and O–H groups in total. The number of rotatable bonds is 4. The predicted octanol–water partition coefficient (Wildman–Crippen LogP) is 7.93. The van der Waals surface area contributed by atoms with Crippen LogP contribution in [0, 0.1) is 75.5 Å². The first-order valence-electron chi connectivity index (χ1n) is 9.98. The third-order valence-electron chi connectivity index (χ3n) is 4.97. The van der Waals surface area contributed by atoms with Gasteiger partial charge in [0.25, 0.3) is 0 Å². The minimum Gasteiger partial charge on any atom is -0.358 e. The maximum atomic E-state index is 2.46. The minimum atomic E-state index is -1.07. The molecule has 0 atom stereocenters. The van der Waals surface area contributed by atoms with Crippen LogP contribution >= 0.6 is 0 Å². The molecular formula is C24H48Si4Zr. The molecule has 0 aromatic rings. The van der Waals surface area contributed by atoms with E-state index in [1.54, 1.807) is 22.2 Å². The largest absolute Gasteiger partial charge is 2.00 e. The molecule has 0 aliphatic heterocycles. The Hall–Kier alpha value is 1.75. The quantitative estimate of drug-likeness (QED) is 0.251. The van der Waals surface area contributed by atoms with Crippen LogP contribution in [0.3, 0.4) is 0 Å². The average Bonchev–Trinajstić information content (AvgIpc) is 3.06. The zero-order chi connectivity index (χ0) is 20.6. The van der Waals surface area contributed by atoms with E-state index in [-0.39, 0.29) is 41.1 Å². The molecule has 2 aliphatic rings. The van der Waals surface area contributed by atoms with Crippen LogP contribution in [0.25, 0.3) is 0 Å². The summed E-state index contributed by atoms with van der Waals surface area (Å²) in [4.78, 5) is 0. The fourth-order valence-electron chi connectivity index (χ4n) is 2.75. The zero-order valence-corrected chi connectivity index (χ0v) is 28.4. The van der Waals surface area contributed by atoms with Crippen molar-refractivity contribution in [2.75, 3.05) is 0 Å². The van der Waals surface area contributed by atoms with Gasteiger partial charge in [0.1, 0.15) is 0 Å². The third-order valence-corrected chi connectivity index (χ3v) is 13.1. The van der Waals surface area contributed by atoms with Gasteiger partial charge in [0.2, 0.25) is 0 Å². The van der Waals surface area contributed by atoms with E-state index in [0.717, 1.165) is 0 Å². The Kier molecular flexibility index (Phi) is 15.7. The van der Waals surface area contributed by atoms with Crippen molar-refractivity contribution < 1.29 is 26.2 Å². The van der Waals surface area contributed by atoms with Crippen molar-refractivity contribution >= 4 is 32.3 Å². The summed E-state index contributed by atoms with van der Waals surface area (Å²) in [6, 6.07) is 0. The van der Waals surface area contributed by atoms with E-state index in [2.05, 4.69) is 117 Å². The Bertz CT molecular complexity index is 356. The Balaban J connectivity index is -0.000000422. The molecular weight excluding hydrogens is 492 g/mol. The van der Waals surface area contributed by atoms with E-state index in [0.29, 0.717) is 0 Å². The molecule has 2 aliphatic carbocycles. The van der Waals surface area contributed by atoms with Gasteiger partial charge in [0.15, 0.2) is 0 Å². The van der Waals surface area contributed by atoms with Crippen LogP contribution in [0.4, 0.5) is 0 Å². The van der Waals surface area contributed by atoms with E-state index in [9.17, 15) is 0 Å². The van der Waals surface area contributed by atoms with Crippen LogP contribution in [-0.2, 0) is 26.2 Å². The van der Waals surface area contributed by atoms with Gasteiger partial charge in [-0.3, -0.25) is 0 Å². The zero-order valence-electron chi connectivity index (χ0n) is 22.0. The van der Waals surface area contributed by atoms with Crippen LogP contribution < -0.4 is 0 Å². The Labute approximate surface area is 211 Å². The van der Waals surface area contributed by atoms with Gasteiger partial charge in [-0.15, -0.1) is 0 Å². The van der Waals surface area contributed by atoms with Gasteiger partial charge in [-0.25, -0.2) is 0 Å². The van der Waals surface area contributed by atoms with Crippen molar-refractivity contribution in [2.24, 2.45) is 0 Å². The summed E-state index contributed by atoms with van der Waals surface area (Å²) >= 11 is 0. The minimum absolute atomic E-state index is 0. The molecule has 0 aromatic carbocycles. The van der Waals surface area contributed by atoms with Gasteiger partial charge in [-0.05, 0) is 60.7 Å². The molecule has 0 spiro atoms. The summed E-state index contributed by atoms with van der Waals surface area (Å²) in [5.74, 6) is 0. The molecule has 10 radical (unpaired) electrons. The molecule has 0 nitrogen and oxygen atoms in total. The van der Waals surface area contributed by atoms with Crippen LogP contribution in [0.5, 0.6) is 0 Å². The molecule has 0 aromatic heterocycles. The second-order valence-electron chi connectivity index (χ2n) is 11.8. The topological polar surface area (TPSA) is 0 Å². The SMILES string of the molecule is C[Si](C)(C)[C]1[CH][CH][C]([Si](C)(C)C)[CH]1.C[Si](C)(C)[C]1[CH][CH][C]([Si](C)(C)C)[CH]1.[CH3-].[CH3-].[Zr+2]. The molecule has 2 fully saturated rings. The average molecular weight is 540 g/mol. The van der Waals surface area contributed by atoms with E-state index < -0.39 is 32.3 Å². The summed E-state index contributed by atoms with van der Waals surface area (Å²) in [7, 11) is -4.28. The summed E-state index contributed by atoms with van der Waals surface area (Å²) in [6.07, 6.45) is 14.3. The van der Waals surface area contributed by atoms with Crippen LogP contribution in [0.2, 0.25) is 78.6 Å². The molecule has 164 valence electrons. The van der Waals surface area contributed by atoms with Crippen molar-refractivity contribution in [3.63, 3.8) is 0 Å². The normalized spacial score (nSPS) is 20.3. The second-order valence-corrected chi connectivity index (χ2v) is 32.1. The first-order valence-corrected chi connectivity index (χ1v) is 24.0. The molecule has 0 bridgehead atoms. The smallest absolute Gasteiger partial charge is 0.358 e. The van der Waals surface area contributed by atoms with Crippen molar-refractivity contribution in [1.82, 2.24) is 0 Å². The van der Waals surface area contributed by atoms with E-state index in [4.69, 9.17) is 0 Å². The molecule has 0 saturated heterocycles. The summed E-state index contributed by atoms with van der Waals surface area (Å²) in [5, 5.41) is 0. The molecule has 0 amide bonds. The maximum Gasteiger partial charge on any atom is 2.00 e. The number of hydrogen-bond acceptors (Lipinski definition) is 0. The van der Waals surface area contributed by atoms with Gasteiger partial charge in [-0.1, -0.05) is 78.6 Å². The fourth-order valence-corrected chi connectivity index (χ4v) is 7.73. The van der Waals surface area contributed by atoms with E-state index in [1.165, 1.54) is 0 Å². The van der Waals surface area contributed by atoms with Gasteiger partial charge >= 0.3 is 26.2 Å². The number of hydrogen-bond donors (Lipinski definition) is 0. The van der Waals surface area contributed by atoms with Gasteiger partial charge < -0.3 is 14.9 Å². The third kappa shape index (κ3) is 12.0. The molecule has 5 heteroatoms. The molecule has 0 unspecified atom stereocenters. The summed E-state index contributed by atoms with van der Waals surface area (Å²) < 4.78 is 0. The first kappa shape index (κ1) is 35.3. The monoisotopic (exact) mass is 538 g/mol. The molecule has 29 heavy (non-hydrogen) atoms. The Morgan fingerprint density at radius 2 is 0.517 bits per heavy atom. The van der Waals surface area contributed by atoms with Gasteiger partial charge in [-0.2, -0.15) is 0 Å². The van der Waals surface area contributed by atoms with Crippen molar-refractivity contribution in [3.8, 4) is 0 Å². The molecule has 2 saturated carbocycles. The van der Waals surface area contributed by atoms with Crippen molar-refractivity contribution in [3.05, 3.63) is 75.5 Å². The first-order chi connectivity index (χ1) is 11.4. The maximum absolute atomic E-state index is 2.46. The van der Waals surface area contributed by atoms with Crippen molar-refractivity contribution in [1.29, 1.82) is 0 Å². The fraction of sp³-hybridized carbons (Fsp3) is 0.500. The van der Waals surface area contributed by atoms with Crippen LogP contribution in [-0.4, -0.2) is 32.3 Å². The van der Waals surface area contributed by atoms with Crippen molar-refractivity contribution in [2.45, 2.75) is 78.6 Å². The summed E-state index contributed by atoms with van der Waals surface area (Å²) in [6.45, 7) is 29.0. The Morgan fingerprint density at radius 3 is 0.586 bits per heavy atom. The predicted molar refractivity (Wildman–Crippen MR) is 145 cm³/mol. The van der Waals surface area contributed by atoms with Crippen LogP contribution in [0.1, 0.15) is 0 Å². The van der Waals surface area contributed by atoms with Crippen LogP contribution in [0.15, 0.2) is 0 Å². The van der Waals surface area contributed by atoms with Gasteiger partial charge in [0, 0.05) is 0 Å². The summed E-state index contributed by atoms with van der Waals surface area (Å²) in [5.41, 5.74) is 6.46. The van der Waals surface area contributed by atoms with E-state index in [1.807, 2.05) is 0 Å². The van der Waals surface area contributed by atoms with Gasteiger partial charge in [0.05, 0.1) is 32.3 Å².